The Kier molecular flexibility index (Phi) is 4.88. The molecule has 3 rings (SSSR count). The quantitative estimate of drug-likeness (QED) is 0.686. The Labute approximate surface area is 161 Å². The fourth-order valence-electron chi connectivity index (χ4n) is 2.89. The Morgan fingerprint density at radius 3 is 2.54 bits per heavy atom. The van der Waals surface area contributed by atoms with Crippen molar-refractivity contribution in [3.05, 3.63) is 39.7 Å². The van der Waals surface area contributed by atoms with Crippen molar-refractivity contribution in [3.8, 4) is 0 Å². The number of alkyl halides is 3. The number of hydrogen-bond acceptors (Lipinski definition) is 5. The molecule has 0 unspecified atom stereocenters. The molecule has 28 heavy (non-hydrogen) atoms. The van der Waals surface area contributed by atoms with Gasteiger partial charge in [0, 0.05) is 17.6 Å². The first-order chi connectivity index (χ1) is 13.0. The van der Waals surface area contributed by atoms with Gasteiger partial charge in [-0.05, 0) is 32.4 Å². The number of aromatic nitrogens is 3. The summed E-state index contributed by atoms with van der Waals surface area (Å²) < 4.78 is 40.8. The number of pyridine rings is 1. The minimum Gasteiger partial charge on any atom is -0.365 e. The minimum absolute atomic E-state index is 0.0302. The fraction of sp³-hybridized carbons (Fsp3) is 0.294. The third-order valence-corrected chi connectivity index (χ3v) is 5.36. The third kappa shape index (κ3) is 3.33. The van der Waals surface area contributed by atoms with Gasteiger partial charge in [-0.2, -0.15) is 18.3 Å². The van der Waals surface area contributed by atoms with E-state index in [9.17, 15) is 22.8 Å². The highest BCUT2D eigenvalue weighted by atomic mass is 32.1. The smallest absolute Gasteiger partial charge is 0.365 e. The summed E-state index contributed by atoms with van der Waals surface area (Å²) >= 11 is 0.706. The second-order valence-corrected chi connectivity index (χ2v) is 7.09. The number of nitrogens with two attached hydrogens (primary N) is 1. The monoisotopic (exact) mass is 411 g/mol. The van der Waals surface area contributed by atoms with Crippen LogP contribution in [0.25, 0.3) is 10.2 Å². The lowest BCUT2D eigenvalue weighted by atomic mass is 10.1. The maximum absolute atomic E-state index is 13.0. The minimum atomic E-state index is -4.63. The van der Waals surface area contributed by atoms with E-state index in [0.29, 0.717) is 23.6 Å². The van der Waals surface area contributed by atoms with Crippen LogP contribution in [-0.2, 0) is 12.7 Å². The van der Waals surface area contributed by atoms with E-state index < -0.39 is 23.7 Å². The maximum Gasteiger partial charge on any atom is 0.433 e. The largest absolute Gasteiger partial charge is 0.433 e. The van der Waals surface area contributed by atoms with Gasteiger partial charge in [0.05, 0.1) is 17.4 Å². The van der Waals surface area contributed by atoms with Gasteiger partial charge in [0.2, 0.25) is 0 Å². The molecule has 0 saturated carbocycles. The molecule has 7 nitrogen and oxygen atoms in total. The Bertz CT molecular complexity index is 1100. The number of fused-ring (bicyclic) bond motifs is 1. The van der Waals surface area contributed by atoms with Crippen LogP contribution >= 0.6 is 11.3 Å². The molecule has 0 atom stereocenters. The number of amides is 2. The van der Waals surface area contributed by atoms with Crippen molar-refractivity contribution in [1.82, 2.24) is 14.8 Å². The molecule has 2 amide bonds. The number of thiophene rings is 1. The zero-order valence-corrected chi connectivity index (χ0v) is 16.0. The fourth-order valence-corrected chi connectivity index (χ4v) is 3.95. The van der Waals surface area contributed by atoms with Gasteiger partial charge >= 0.3 is 6.18 Å². The molecule has 3 heterocycles. The van der Waals surface area contributed by atoms with Gasteiger partial charge < -0.3 is 11.1 Å². The van der Waals surface area contributed by atoms with Crippen LogP contribution in [-0.4, -0.2) is 26.6 Å². The van der Waals surface area contributed by atoms with E-state index in [1.54, 1.807) is 11.6 Å². The average molecular weight is 411 g/mol. The Hall–Kier alpha value is -2.95. The number of rotatable bonds is 4. The summed E-state index contributed by atoms with van der Waals surface area (Å²) in [6, 6.07) is 0.871. The molecule has 0 radical (unpaired) electrons. The van der Waals surface area contributed by atoms with Crippen molar-refractivity contribution < 1.29 is 22.8 Å². The van der Waals surface area contributed by atoms with Gasteiger partial charge in [-0.15, -0.1) is 11.3 Å². The van der Waals surface area contributed by atoms with E-state index in [2.05, 4.69) is 15.4 Å². The van der Waals surface area contributed by atoms with Crippen LogP contribution in [0.3, 0.4) is 0 Å². The van der Waals surface area contributed by atoms with Crippen LogP contribution in [0.2, 0.25) is 0 Å². The highest BCUT2D eigenvalue weighted by Gasteiger charge is 2.34. The first kappa shape index (κ1) is 19.8. The van der Waals surface area contributed by atoms with E-state index in [0.717, 1.165) is 6.07 Å². The molecule has 0 aliphatic heterocycles. The standard InChI is InChI=1S/C17H16F3N5O2S/c1-4-25-8(3)9(6-22-25)15(27)24-12-11-7(2)5-10(17(18,19)20)23-16(11)28-13(12)14(21)26/h5-6H,4H2,1-3H3,(H2,21,26)(H,24,27). The number of carbonyl (C=O) groups excluding carboxylic acids is 2. The molecule has 0 saturated heterocycles. The summed E-state index contributed by atoms with van der Waals surface area (Å²) in [4.78, 5) is 28.0. The molecule has 0 bridgehead atoms. The molecule has 11 heteroatoms. The van der Waals surface area contributed by atoms with Gasteiger partial charge in [0.1, 0.15) is 15.4 Å². The number of nitrogens with one attached hydrogen (secondary N) is 1. The van der Waals surface area contributed by atoms with Crippen LogP contribution in [0.15, 0.2) is 12.3 Å². The number of nitrogens with zero attached hydrogens (tertiary/aromatic N) is 3. The van der Waals surface area contributed by atoms with Crippen molar-refractivity contribution in [2.24, 2.45) is 5.73 Å². The van der Waals surface area contributed by atoms with Crippen LogP contribution in [0.4, 0.5) is 18.9 Å². The predicted octanol–water partition coefficient (Wildman–Crippen LogP) is 3.50. The molecule has 3 aromatic rings. The Balaban J connectivity index is 2.13. The molecule has 0 spiro atoms. The van der Waals surface area contributed by atoms with Crippen molar-refractivity contribution in [2.75, 3.05) is 5.32 Å². The SMILES string of the molecule is CCn1ncc(C(=O)Nc2c(C(N)=O)sc3nc(C(F)(F)F)cc(C)c23)c1C. The summed E-state index contributed by atoms with van der Waals surface area (Å²) in [5.41, 5.74) is 5.48. The van der Waals surface area contributed by atoms with E-state index in [-0.39, 0.29) is 31.9 Å². The number of halogens is 3. The van der Waals surface area contributed by atoms with E-state index in [4.69, 9.17) is 5.73 Å². The predicted molar refractivity (Wildman–Crippen MR) is 98.5 cm³/mol. The Morgan fingerprint density at radius 1 is 1.32 bits per heavy atom. The molecule has 0 aliphatic carbocycles. The van der Waals surface area contributed by atoms with E-state index in [1.807, 2.05) is 6.92 Å². The van der Waals surface area contributed by atoms with E-state index in [1.165, 1.54) is 13.1 Å². The molecule has 0 aliphatic rings. The molecule has 3 N–H and O–H groups in total. The number of carbonyl (C=O) groups is 2. The lowest BCUT2D eigenvalue weighted by molar-refractivity contribution is -0.141. The molecule has 0 fully saturated rings. The van der Waals surface area contributed by atoms with Crippen LogP contribution in [0.5, 0.6) is 0 Å². The topological polar surface area (TPSA) is 103 Å². The summed E-state index contributed by atoms with van der Waals surface area (Å²) in [7, 11) is 0. The number of anilines is 1. The molecule has 148 valence electrons. The van der Waals surface area contributed by atoms with Gasteiger partial charge in [-0.25, -0.2) is 4.98 Å². The maximum atomic E-state index is 13.0. The molecule has 3 aromatic heterocycles. The summed E-state index contributed by atoms with van der Waals surface area (Å²) in [6.07, 6.45) is -3.25. The van der Waals surface area contributed by atoms with Crippen molar-refractivity contribution >= 4 is 39.1 Å². The molecular weight excluding hydrogens is 395 g/mol. The molecule has 0 aromatic carbocycles. The zero-order chi connectivity index (χ0) is 20.8. The van der Waals surface area contributed by atoms with Gasteiger partial charge in [0.15, 0.2) is 0 Å². The van der Waals surface area contributed by atoms with Crippen LogP contribution in [0, 0.1) is 13.8 Å². The van der Waals surface area contributed by atoms with Gasteiger partial charge in [-0.3, -0.25) is 14.3 Å². The van der Waals surface area contributed by atoms with Crippen LogP contribution in [0.1, 0.15) is 43.9 Å². The van der Waals surface area contributed by atoms with Crippen molar-refractivity contribution in [1.29, 1.82) is 0 Å². The highest BCUT2D eigenvalue weighted by Crippen LogP contribution is 2.39. The lowest BCUT2D eigenvalue weighted by Gasteiger charge is -2.10. The van der Waals surface area contributed by atoms with Crippen LogP contribution < -0.4 is 11.1 Å². The van der Waals surface area contributed by atoms with E-state index >= 15 is 0 Å². The van der Waals surface area contributed by atoms with Crippen molar-refractivity contribution in [2.45, 2.75) is 33.5 Å². The van der Waals surface area contributed by atoms with Gasteiger partial charge in [0.25, 0.3) is 11.8 Å². The lowest BCUT2D eigenvalue weighted by Crippen LogP contribution is -2.17. The number of primary amides is 1. The first-order valence-electron chi connectivity index (χ1n) is 8.19. The Morgan fingerprint density at radius 2 is 2.00 bits per heavy atom. The number of hydrogen-bond donors (Lipinski definition) is 2. The van der Waals surface area contributed by atoms with Crippen molar-refractivity contribution in [3.63, 3.8) is 0 Å². The second kappa shape index (κ2) is 6.89. The normalized spacial score (nSPS) is 11.8. The third-order valence-electron chi connectivity index (χ3n) is 4.26. The number of aryl methyl sites for hydroxylation is 2. The highest BCUT2D eigenvalue weighted by molar-refractivity contribution is 7.21. The zero-order valence-electron chi connectivity index (χ0n) is 15.1. The second-order valence-electron chi connectivity index (χ2n) is 6.09. The first-order valence-corrected chi connectivity index (χ1v) is 9.01. The van der Waals surface area contributed by atoms with Gasteiger partial charge in [-0.1, -0.05) is 0 Å². The summed E-state index contributed by atoms with van der Waals surface area (Å²) in [5, 5.41) is 6.95. The summed E-state index contributed by atoms with van der Waals surface area (Å²) in [6.45, 7) is 5.60. The average Bonchev–Trinajstić information content (AvgIpc) is 3.15. The molecular formula is C17H16F3N5O2S. The summed E-state index contributed by atoms with van der Waals surface area (Å²) in [5.74, 6) is -1.41.